The van der Waals surface area contributed by atoms with Crippen LogP contribution in [0.3, 0.4) is 0 Å². The molecule has 4 nitrogen and oxygen atoms in total. The molecule has 0 spiro atoms. The van der Waals surface area contributed by atoms with Gasteiger partial charge in [-0.05, 0) is 38.9 Å². The third-order valence-corrected chi connectivity index (χ3v) is 4.21. The average molecular weight is 309 g/mol. The lowest BCUT2D eigenvalue weighted by Crippen LogP contribution is -2.28. The number of pyridine rings is 1. The highest BCUT2D eigenvalue weighted by molar-refractivity contribution is 9.10. The highest BCUT2D eigenvalue weighted by Gasteiger charge is 2.28. The SMILES string of the molecule is CC(C)N1CCC(c2nnc3cc(Br)ccn23)C1. The van der Waals surface area contributed by atoms with Crippen molar-refractivity contribution >= 4 is 21.6 Å². The molecule has 1 aliphatic rings. The topological polar surface area (TPSA) is 33.4 Å². The minimum Gasteiger partial charge on any atom is -0.300 e. The van der Waals surface area contributed by atoms with Crippen LogP contribution in [-0.4, -0.2) is 38.6 Å². The molecule has 0 aliphatic carbocycles. The summed E-state index contributed by atoms with van der Waals surface area (Å²) in [4.78, 5) is 2.50. The van der Waals surface area contributed by atoms with Crippen LogP contribution in [0.5, 0.6) is 0 Å². The summed E-state index contributed by atoms with van der Waals surface area (Å²) in [5, 5.41) is 8.64. The van der Waals surface area contributed by atoms with Gasteiger partial charge in [-0.3, -0.25) is 4.40 Å². The van der Waals surface area contributed by atoms with Gasteiger partial charge in [-0.25, -0.2) is 0 Å². The number of nitrogens with zero attached hydrogens (tertiary/aromatic N) is 4. The van der Waals surface area contributed by atoms with E-state index in [1.807, 2.05) is 18.3 Å². The number of hydrogen-bond donors (Lipinski definition) is 0. The first-order valence-corrected chi connectivity index (χ1v) is 7.18. The lowest BCUT2D eigenvalue weighted by Gasteiger charge is -2.19. The average Bonchev–Trinajstić information content (AvgIpc) is 2.92. The van der Waals surface area contributed by atoms with Gasteiger partial charge in [0.1, 0.15) is 5.82 Å². The number of fused-ring (bicyclic) bond motifs is 1. The summed E-state index contributed by atoms with van der Waals surface area (Å²) in [5.74, 6) is 1.60. The van der Waals surface area contributed by atoms with Gasteiger partial charge >= 0.3 is 0 Å². The van der Waals surface area contributed by atoms with E-state index < -0.39 is 0 Å². The maximum atomic E-state index is 4.38. The highest BCUT2D eigenvalue weighted by atomic mass is 79.9. The normalized spacial score (nSPS) is 21.2. The fourth-order valence-electron chi connectivity index (χ4n) is 2.63. The van der Waals surface area contributed by atoms with Crippen molar-refractivity contribution < 1.29 is 0 Å². The Morgan fingerprint density at radius 3 is 2.94 bits per heavy atom. The Morgan fingerprint density at radius 1 is 1.39 bits per heavy atom. The zero-order chi connectivity index (χ0) is 12.7. The second kappa shape index (κ2) is 4.63. The molecule has 18 heavy (non-hydrogen) atoms. The number of hydrogen-bond acceptors (Lipinski definition) is 3. The van der Waals surface area contributed by atoms with Crippen molar-refractivity contribution in [2.75, 3.05) is 13.1 Å². The van der Waals surface area contributed by atoms with Gasteiger partial charge in [-0.2, -0.15) is 0 Å². The molecule has 0 amide bonds. The summed E-state index contributed by atoms with van der Waals surface area (Å²) >= 11 is 3.46. The van der Waals surface area contributed by atoms with Crippen LogP contribution in [0.2, 0.25) is 0 Å². The van der Waals surface area contributed by atoms with E-state index >= 15 is 0 Å². The van der Waals surface area contributed by atoms with Crippen molar-refractivity contribution in [2.24, 2.45) is 0 Å². The van der Waals surface area contributed by atoms with Gasteiger partial charge in [0, 0.05) is 29.2 Å². The Bertz CT molecular complexity index is 563. The largest absolute Gasteiger partial charge is 0.300 e. The van der Waals surface area contributed by atoms with Crippen molar-refractivity contribution in [3.05, 3.63) is 28.6 Å². The van der Waals surface area contributed by atoms with Gasteiger partial charge in [-0.1, -0.05) is 15.9 Å². The minimum absolute atomic E-state index is 0.503. The van der Waals surface area contributed by atoms with E-state index in [-0.39, 0.29) is 0 Å². The van der Waals surface area contributed by atoms with Crippen molar-refractivity contribution in [2.45, 2.75) is 32.2 Å². The second-order valence-electron chi connectivity index (χ2n) is 5.21. The summed E-state index contributed by atoms with van der Waals surface area (Å²) in [7, 11) is 0. The Kier molecular flexibility index (Phi) is 3.11. The monoisotopic (exact) mass is 308 g/mol. The molecule has 1 atom stereocenters. The smallest absolute Gasteiger partial charge is 0.161 e. The van der Waals surface area contributed by atoms with Gasteiger partial charge in [0.05, 0.1) is 0 Å². The second-order valence-corrected chi connectivity index (χ2v) is 6.12. The van der Waals surface area contributed by atoms with Crippen molar-refractivity contribution in [1.82, 2.24) is 19.5 Å². The molecule has 0 saturated carbocycles. The molecule has 2 aromatic rings. The van der Waals surface area contributed by atoms with Gasteiger partial charge in [0.2, 0.25) is 0 Å². The van der Waals surface area contributed by atoms with Gasteiger partial charge in [0.15, 0.2) is 5.65 Å². The van der Waals surface area contributed by atoms with Gasteiger partial charge < -0.3 is 4.90 Å². The Hall–Kier alpha value is -0.940. The first kappa shape index (κ1) is 12.1. The van der Waals surface area contributed by atoms with E-state index in [2.05, 4.69) is 49.3 Å². The molecule has 0 radical (unpaired) electrons. The lowest BCUT2D eigenvalue weighted by molar-refractivity contribution is 0.271. The molecule has 0 N–H and O–H groups in total. The molecule has 1 saturated heterocycles. The standard InChI is InChI=1S/C13H17BrN4/c1-9(2)17-5-3-10(8-17)13-16-15-12-7-11(14)4-6-18(12)13/h4,6-7,9-10H,3,5,8H2,1-2H3. The Morgan fingerprint density at radius 2 is 2.22 bits per heavy atom. The molecule has 1 aliphatic heterocycles. The molecule has 0 bridgehead atoms. The third-order valence-electron chi connectivity index (χ3n) is 3.71. The molecular weight excluding hydrogens is 292 g/mol. The molecular formula is C13H17BrN4. The number of likely N-dealkylation sites (tertiary alicyclic amines) is 1. The van der Waals surface area contributed by atoms with Crippen LogP contribution in [-0.2, 0) is 0 Å². The molecule has 3 heterocycles. The number of halogens is 1. The maximum absolute atomic E-state index is 4.38. The van der Waals surface area contributed by atoms with Crippen molar-refractivity contribution in [1.29, 1.82) is 0 Å². The summed E-state index contributed by atoms with van der Waals surface area (Å²) in [6.45, 7) is 6.76. The molecule has 2 aromatic heterocycles. The van der Waals surface area contributed by atoms with Crippen LogP contribution < -0.4 is 0 Å². The van der Waals surface area contributed by atoms with E-state index in [9.17, 15) is 0 Å². The highest BCUT2D eigenvalue weighted by Crippen LogP contribution is 2.27. The van der Waals surface area contributed by atoms with E-state index in [1.165, 1.54) is 6.42 Å². The lowest BCUT2D eigenvalue weighted by atomic mass is 10.1. The molecule has 5 heteroatoms. The summed E-state index contributed by atoms with van der Waals surface area (Å²) < 4.78 is 3.16. The van der Waals surface area contributed by atoms with Crippen LogP contribution in [0.15, 0.2) is 22.8 Å². The van der Waals surface area contributed by atoms with Crippen LogP contribution >= 0.6 is 15.9 Å². The van der Waals surface area contributed by atoms with Crippen molar-refractivity contribution in [3.8, 4) is 0 Å². The maximum Gasteiger partial charge on any atom is 0.161 e. The van der Waals surface area contributed by atoms with Crippen LogP contribution in [0.1, 0.15) is 32.0 Å². The molecule has 3 rings (SSSR count). The summed E-state index contributed by atoms with van der Waals surface area (Å²) in [6.07, 6.45) is 3.22. The van der Waals surface area contributed by atoms with E-state index in [0.29, 0.717) is 12.0 Å². The first-order chi connectivity index (χ1) is 8.65. The molecule has 1 unspecified atom stereocenters. The van der Waals surface area contributed by atoms with Crippen LogP contribution in [0.4, 0.5) is 0 Å². The number of rotatable bonds is 2. The summed E-state index contributed by atoms with van der Waals surface area (Å²) in [5.41, 5.74) is 0.919. The molecule has 1 fully saturated rings. The number of aromatic nitrogens is 3. The zero-order valence-corrected chi connectivity index (χ0v) is 12.3. The zero-order valence-electron chi connectivity index (χ0n) is 10.7. The predicted octanol–water partition coefficient (Wildman–Crippen LogP) is 2.69. The predicted molar refractivity (Wildman–Crippen MR) is 74.8 cm³/mol. The van der Waals surface area contributed by atoms with Crippen LogP contribution in [0, 0.1) is 0 Å². The first-order valence-electron chi connectivity index (χ1n) is 6.39. The quantitative estimate of drug-likeness (QED) is 0.855. The van der Waals surface area contributed by atoms with Crippen molar-refractivity contribution in [3.63, 3.8) is 0 Å². The Balaban J connectivity index is 1.91. The van der Waals surface area contributed by atoms with E-state index in [0.717, 1.165) is 29.0 Å². The minimum atomic E-state index is 0.503. The third kappa shape index (κ3) is 2.06. The molecule has 96 valence electrons. The fraction of sp³-hybridized carbons (Fsp3) is 0.538. The van der Waals surface area contributed by atoms with Gasteiger partial charge in [-0.15, -0.1) is 10.2 Å². The van der Waals surface area contributed by atoms with E-state index in [4.69, 9.17) is 0 Å². The van der Waals surface area contributed by atoms with E-state index in [1.54, 1.807) is 0 Å². The summed E-state index contributed by atoms with van der Waals surface area (Å²) in [6, 6.07) is 4.66. The Labute approximate surface area is 115 Å². The van der Waals surface area contributed by atoms with Crippen LogP contribution in [0.25, 0.3) is 5.65 Å². The molecule has 0 aromatic carbocycles. The van der Waals surface area contributed by atoms with Gasteiger partial charge in [0.25, 0.3) is 0 Å². The fourth-order valence-corrected chi connectivity index (χ4v) is 2.95.